The van der Waals surface area contributed by atoms with Gasteiger partial charge >= 0.3 is 0 Å². The molecule has 1 fully saturated rings. The number of amides is 3. The summed E-state index contributed by atoms with van der Waals surface area (Å²) in [5, 5.41) is 3.47. The van der Waals surface area contributed by atoms with Crippen LogP contribution in [0.5, 0.6) is 0 Å². The van der Waals surface area contributed by atoms with Gasteiger partial charge in [-0.3, -0.25) is 19.3 Å². The number of benzene rings is 3. The number of carbonyl (C=O) groups is 3. The summed E-state index contributed by atoms with van der Waals surface area (Å²) in [6.07, 6.45) is 2.01. The monoisotopic (exact) mass is 512 g/mol. The normalized spacial score (nSPS) is 23.9. The van der Waals surface area contributed by atoms with Crippen LogP contribution in [0.3, 0.4) is 0 Å². The van der Waals surface area contributed by atoms with E-state index in [9.17, 15) is 14.4 Å². The van der Waals surface area contributed by atoms with Gasteiger partial charge in [-0.05, 0) is 53.3 Å². The highest BCUT2D eigenvalue weighted by Gasteiger charge is 2.62. The lowest BCUT2D eigenvalue weighted by molar-refractivity contribution is -0.147. The number of rotatable bonds is 6. The zero-order chi connectivity index (χ0) is 25.8. The van der Waals surface area contributed by atoms with Crippen LogP contribution >= 0.6 is 11.6 Å². The molecule has 0 saturated carbocycles. The largest absolute Gasteiger partial charge is 0.324 e. The number of hydrogen-bond acceptors (Lipinski definition) is 3. The first-order valence-electron chi connectivity index (χ1n) is 13.0. The van der Waals surface area contributed by atoms with Crippen molar-refractivity contribution in [3.05, 3.63) is 99.6 Å². The zero-order valence-electron chi connectivity index (χ0n) is 20.9. The molecule has 7 rings (SSSR count). The van der Waals surface area contributed by atoms with Crippen LogP contribution in [0.25, 0.3) is 0 Å². The third-order valence-electron chi connectivity index (χ3n) is 8.37. The van der Waals surface area contributed by atoms with Gasteiger partial charge in [-0.25, -0.2) is 0 Å². The number of unbranched alkanes of at least 4 members (excludes halogenated alkanes) is 1. The molecular weight excluding hydrogens is 484 g/mol. The maximum atomic E-state index is 14.1. The van der Waals surface area contributed by atoms with Crippen LogP contribution in [0.4, 0.5) is 5.69 Å². The molecule has 3 aliphatic carbocycles. The van der Waals surface area contributed by atoms with E-state index in [4.69, 9.17) is 11.6 Å². The average molecular weight is 513 g/mol. The molecule has 3 aromatic carbocycles. The smallest absolute Gasteiger partial charge is 0.247 e. The molecule has 3 aromatic rings. The second-order valence-electron chi connectivity index (χ2n) is 10.4. The maximum Gasteiger partial charge on any atom is 0.247 e. The zero-order valence-corrected chi connectivity index (χ0v) is 21.7. The molecule has 1 N–H and O–H groups in total. The molecule has 0 unspecified atom stereocenters. The molecule has 1 heterocycles. The fraction of sp³-hybridized carbons (Fsp3) is 0.323. The van der Waals surface area contributed by atoms with E-state index < -0.39 is 17.9 Å². The Kier molecular flexibility index (Phi) is 5.91. The van der Waals surface area contributed by atoms with Crippen LogP contribution < -0.4 is 5.32 Å². The lowest BCUT2D eigenvalue weighted by atomic mass is 9.55. The SMILES string of the molecule is CCCC[C@H](C(=O)Nc1ccc(C)c(Cl)c1)N1C(=O)[C@@H]2C3c4ccccc4C(c4ccccc43)[C@@H]2C1=O. The third kappa shape index (κ3) is 3.63. The highest BCUT2D eigenvalue weighted by Crippen LogP contribution is 2.61. The van der Waals surface area contributed by atoms with Gasteiger partial charge in [0.05, 0.1) is 11.8 Å². The van der Waals surface area contributed by atoms with E-state index >= 15 is 0 Å². The van der Waals surface area contributed by atoms with Crippen molar-refractivity contribution in [1.82, 2.24) is 4.90 Å². The van der Waals surface area contributed by atoms with Crippen molar-refractivity contribution in [3.8, 4) is 0 Å². The highest BCUT2D eigenvalue weighted by atomic mass is 35.5. The Bertz CT molecular complexity index is 1320. The van der Waals surface area contributed by atoms with E-state index in [2.05, 4.69) is 29.6 Å². The Morgan fingerprint density at radius 1 is 0.892 bits per heavy atom. The topological polar surface area (TPSA) is 66.5 Å². The minimum atomic E-state index is -0.865. The van der Waals surface area contributed by atoms with E-state index in [0.717, 1.165) is 40.7 Å². The summed E-state index contributed by atoms with van der Waals surface area (Å²) in [7, 11) is 0. The number of likely N-dealkylation sites (tertiary alicyclic amines) is 1. The fourth-order valence-electron chi connectivity index (χ4n) is 6.68. The number of anilines is 1. The van der Waals surface area contributed by atoms with Crippen LogP contribution in [-0.4, -0.2) is 28.7 Å². The fourth-order valence-corrected chi connectivity index (χ4v) is 6.86. The standard InChI is InChI=1S/C31H29ClN2O3/c1-3-4-13-24(29(35)33-18-15-14-17(2)23(32)16-18)34-30(36)27-25-19-9-5-6-10-20(19)26(28(27)31(34)37)22-12-8-7-11-21(22)25/h5-12,14-16,24-28H,3-4,13H2,1-2H3,(H,33,35)/t24-,25?,26?,27-,28+/m1/s1. The van der Waals surface area contributed by atoms with Crippen molar-refractivity contribution < 1.29 is 14.4 Å². The molecule has 0 radical (unpaired) electrons. The third-order valence-corrected chi connectivity index (χ3v) is 8.77. The van der Waals surface area contributed by atoms with Crippen LogP contribution in [0.1, 0.15) is 65.8 Å². The first-order chi connectivity index (χ1) is 17.9. The second kappa shape index (κ2) is 9.14. The molecule has 1 aliphatic heterocycles. The van der Waals surface area contributed by atoms with E-state index in [0.29, 0.717) is 17.1 Å². The number of imide groups is 1. The Hall–Kier alpha value is -3.44. The molecule has 2 bridgehead atoms. The molecule has 3 atom stereocenters. The van der Waals surface area contributed by atoms with Crippen molar-refractivity contribution in [1.29, 1.82) is 0 Å². The number of aryl methyl sites for hydroxylation is 1. The predicted molar refractivity (Wildman–Crippen MR) is 144 cm³/mol. The van der Waals surface area contributed by atoms with E-state index in [1.54, 1.807) is 12.1 Å². The molecule has 37 heavy (non-hydrogen) atoms. The molecule has 188 valence electrons. The van der Waals surface area contributed by atoms with Gasteiger partial charge in [-0.1, -0.05) is 86.0 Å². The first kappa shape index (κ1) is 23.9. The minimum Gasteiger partial charge on any atom is -0.324 e. The van der Waals surface area contributed by atoms with E-state index in [1.165, 1.54) is 4.90 Å². The summed E-state index contributed by atoms with van der Waals surface area (Å²) < 4.78 is 0. The minimum absolute atomic E-state index is 0.186. The molecular formula is C31H29ClN2O3. The van der Waals surface area contributed by atoms with Crippen molar-refractivity contribution >= 4 is 35.0 Å². The molecule has 6 heteroatoms. The van der Waals surface area contributed by atoms with Crippen molar-refractivity contribution in [3.63, 3.8) is 0 Å². The Labute approximate surface area is 221 Å². The predicted octanol–water partition coefficient (Wildman–Crippen LogP) is 6.04. The van der Waals surface area contributed by atoms with Crippen molar-refractivity contribution in [2.45, 2.75) is 51.0 Å². The van der Waals surface area contributed by atoms with Gasteiger partial charge in [0.2, 0.25) is 17.7 Å². The summed E-state index contributed by atoms with van der Waals surface area (Å²) >= 11 is 6.27. The highest BCUT2D eigenvalue weighted by molar-refractivity contribution is 6.31. The number of carbonyl (C=O) groups excluding carboxylic acids is 3. The number of nitrogens with zero attached hydrogens (tertiary/aromatic N) is 1. The van der Waals surface area contributed by atoms with Crippen molar-refractivity contribution in [2.75, 3.05) is 5.32 Å². The maximum absolute atomic E-state index is 14.1. The molecule has 0 spiro atoms. The first-order valence-corrected chi connectivity index (χ1v) is 13.4. The second-order valence-corrected chi connectivity index (χ2v) is 10.8. The molecule has 5 nitrogen and oxygen atoms in total. The van der Waals surface area contributed by atoms with Crippen molar-refractivity contribution in [2.24, 2.45) is 11.8 Å². The summed E-state index contributed by atoms with van der Waals surface area (Å²) in [5.41, 5.74) is 5.96. The van der Waals surface area contributed by atoms with Gasteiger partial charge < -0.3 is 5.32 Å². The summed E-state index contributed by atoms with van der Waals surface area (Å²) in [6.45, 7) is 3.93. The molecule has 0 aromatic heterocycles. The number of nitrogens with one attached hydrogen (secondary N) is 1. The van der Waals surface area contributed by atoms with Gasteiger partial charge in [0.25, 0.3) is 0 Å². The van der Waals surface area contributed by atoms with Crippen LogP contribution in [0.2, 0.25) is 5.02 Å². The molecule has 3 amide bonds. The van der Waals surface area contributed by atoms with Gasteiger partial charge in [0.1, 0.15) is 6.04 Å². The Morgan fingerprint density at radius 3 is 1.86 bits per heavy atom. The van der Waals surface area contributed by atoms with E-state index in [-0.39, 0.29) is 29.6 Å². The average Bonchev–Trinajstić information content (AvgIpc) is 3.17. The Morgan fingerprint density at radius 2 is 1.41 bits per heavy atom. The van der Waals surface area contributed by atoms with Gasteiger partial charge in [-0.15, -0.1) is 0 Å². The number of halogens is 1. The molecule has 4 aliphatic rings. The quantitative estimate of drug-likeness (QED) is 0.409. The molecule has 1 saturated heterocycles. The summed E-state index contributed by atoms with van der Waals surface area (Å²) in [4.78, 5) is 43.2. The van der Waals surface area contributed by atoms with Crippen LogP contribution in [0, 0.1) is 18.8 Å². The van der Waals surface area contributed by atoms with Gasteiger partial charge in [0, 0.05) is 22.5 Å². The van der Waals surface area contributed by atoms with E-state index in [1.807, 2.05) is 44.2 Å². The summed E-state index contributed by atoms with van der Waals surface area (Å²) in [6, 6.07) is 20.8. The summed E-state index contributed by atoms with van der Waals surface area (Å²) in [5.74, 6) is -2.17. The Balaban J connectivity index is 1.39. The lowest BCUT2D eigenvalue weighted by Crippen LogP contribution is -2.48. The number of hydrogen-bond donors (Lipinski definition) is 1. The van der Waals surface area contributed by atoms with Gasteiger partial charge in [0.15, 0.2) is 0 Å². The van der Waals surface area contributed by atoms with Crippen LogP contribution in [0.15, 0.2) is 66.7 Å². The van der Waals surface area contributed by atoms with Gasteiger partial charge in [-0.2, -0.15) is 0 Å². The lowest BCUT2D eigenvalue weighted by Gasteiger charge is -2.45. The van der Waals surface area contributed by atoms with Crippen LogP contribution in [-0.2, 0) is 14.4 Å².